The third-order valence-corrected chi connectivity index (χ3v) is 3.01. The maximum Gasteiger partial charge on any atom is 0.347 e. The van der Waals surface area contributed by atoms with Crippen molar-refractivity contribution in [1.29, 1.82) is 0 Å². The summed E-state index contributed by atoms with van der Waals surface area (Å²) in [5.41, 5.74) is 2.66. The molecule has 0 fully saturated rings. The molecular weight excluding hydrogens is 228 g/mol. The predicted molar refractivity (Wildman–Crippen MR) is 70.0 cm³/mol. The van der Waals surface area contributed by atoms with Gasteiger partial charge in [-0.05, 0) is 12.1 Å². The molecule has 0 saturated heterocycles. The Kier molecular flexibility index (Phi) is 2.82. The summed E-state index contributed by atoms with van der Waals surface area (Å²) >= 11 is 0. The molecule has 2 heterocycles. The molecule has 1 aromatic carbocycles. The minimum Gasteiger partial charge on any atom is -0.340 e. The minimum absolute atomic E-state index is 0.297. The van der Waals surface area contributed by atoms with Gasteiger partial charge in [0.2, 0.25) is 0 Å². The lowest BCUT2D eigenvalue weighted by Crippen LogP contribution is -2.29. The second-order valence-corrected chi connectivity index (χ2v) is 4.27. The first-order chi connectivity index (χ1) is 8.83. The average molecular weight is 242 g/mol. The van der Waals surface area contributed by atoms with Gasteiger partial charge in [0, 0.05) is 36.5 Å². The van der Waals surface area contributed by atoms with Gasteiger partial charge in [-0.3, -0.25) is 0 Å². The van der Waals surface area contributed by atoms with Crippen LogP contribution in [0.4, 0.5) is 11.5 Å². The quantitative estimate of drug-likeness (QED) is 0.739. The molecule has 0 atom stereocenters. The molecule has 1 aliphatic rings. The summed E-state index contributed by atoms with van der Waals surface area (Å²) < 4.78 is 0. The van der Waals surface area contributed by atoms with Crippen LogP contribution >= 0.6 is 0 Å². The summed E-state index contributed by atoms with van der Waals surface area (Å²) in [6.07, 6.45) is 0.830. The smallest absolute Gasteiger partial charge is 0.340 e. The SMILES string of the molecule is O=c1nc(Nc2ccccc2)c2c([nH]1)CCNC2. The zero-order valence-electron chi connectivity index (χ0n) is 9.86. The Morgan fingerprint density at radius 3 is 2.89 bits per heavy atom. The van der Waals surface area contributed by atoms with Crippen LogP contribution in [0.1, 0.15) is 11.3 Å². The van der Waals surface area contributed by atoms with Gasteiger partial charge in [0.05, 0.1) is 0 Å². The predicted octanol–water partition coefficient (Wildman–Crippen LogP) is 1.16. The van der Waals surface area contributed by atoms with Crippen molar-refractivity contribution in [2.75, 3.05) is 11.9 Å². The zero-order chi connectivity index (χ0) is 12.4. The fourth-order valence-corrected chi connectivity index (χ4v) is 2.14. The van der Waals surface area contributed by atoms with Crippen LogP contribution in [0.15, 0.2) is 35.1 Å². The standard InChI is InChI=1S/C13H14N4O/c18-13-16-11-6-7-14-8-10(11)12(17-13)15-9-4-2-1-3-5-9/h1-5,14H,6-8H2,(H2,15,16,17,18). The monoisotopic (exact) mass is 242 g/mol. The summed E-state index contributed by atoms with van der Waals surface area (Å²) in [6, 6.07) is 9.74. The van der Waals surface area contributed by atoms with Crippen LogP contribution in [0.3, 0.4) is 0 Å². The van der Waals surface area contributed by atoms with E-state index in [1.807, 2.05) is 30.3 Å². The topological polar surface area (TPSA) is 69.8 Å². The lowest BCUT2D eigenvalue weighted by Gasteiger charge is -2.19. The first kappa shape index (κ1) is 11.0. The fourth-order valence-electron chi connectivity index (χ4n) is 2.14. The normalized spacial score (nSPS) is 14.0. The van der Waals surface area contributed by atoms with E-state index >= 15 is 0 Å². The van der Waals surface area contributed by atoms with Gasteiger partial charge in [-0.2, -0.15) is 4.98 Å². The zero-order valence-corrected chi connectivity index (χ0v) is 9.86. The van der Waals surface area contributed by atoms with Crippen LogP contribution in [0.5, 0.6) is 0 Å². The number of aromatic amines is 1. The van der Waals surface area contributed by atoms with Crippen molar-refractivity contribution in [3.63, 3.8) is 0 Å². The second-order valence-electron chi connectivity index (χ2n) is 4.27. The summed E-state index contributed by atoms with van der Waals surface area (Å²) in [7, 11) is 0. The number of H-pyrrole nitrogens is 1. The van der Waals surface area contributed by atoms with Crippen molar-refractivity contribution in [3.8, 4) is 0 Å². The number of hydrogen-bond acceptors (Lipinski definition) is 4. The van der Waals surface area contributed by atoms with Crippen molar-refractivity contribution in [2.45, 2.75) is 13.0 Å². The lowest BCUT2D eigenvalue weighted by atomic mass is 10.1. The van der Waals surface area contributed by atoms with Crippen LogP contribution in [-0.4, -0.2) is 16.5 Å². The average Bonchev–Trinajstić information content (AvgIpc) is 2.40. The van der Waals surface area contributed by atoms with Gasteiger partial charge < -0.3 is 15.6 Å². The van der Waals surface area contributed by atoms with E-state index in [9.17, 15) is 4.79 Å². The molecule has 18 heavy (non-hydrogen) atoms. The fraction of sp³-hybridized carbons (Fsp3) is 0.231. The number of aromatic nitrogens is 2. The van der Waals surface area contributed by atoms with Gasteiger partial charge >= 0.3 is 5.69 Å². The van der Waals surface area contributed by atoms with Crippen LogP contribution in [0.2, 0.25) is 0 Å². The molecule has 0 aliphatic carbocycles. The highest BCUT2D eigenvalue weighted by Gasteiger charge is 2.15. The Morgan fingerprint density at radius 2 is 2.06 bits per heavy atom. The highest BCUT2D eigenvalue weighted by atomic mass is 16.1. The van der Waals surface area contributed by atoms with Crippen molar-refractivity contribution in [2.24, 2.45) is 0 Å². The lowest BCUT2D eigenvalue weighted by molar-refractivity contribution is 0.624. The molecule has 0 bridgehead atoms. The van der Waals surface area contributed by atoms with E-state index < -0.39 is 0 Å². The number of hydrogen-bond donors (Lipinski definition) is 3. The van der Waals surface area contributed by atoms with Crippen LogP contribution in [0.25, 0.3) is 0 Å². The van der Waals surface area contributed by atoms with Gasteiger partial charge in [0.15, 0.2) is 0 Å². The number of fused-ring (bicyclic) bond motifs is 1. The third-order valence-electron chi connectivity index (χ3n) is 3.01. The Bertz CT molecular complexity index is 606. The maximum atomic E-state index is 11.5. The van der Waals surface area contributed by atoms with Crippen molar-refractivity contribution >= 4 is 11.5 Å². The Balaban J connectivity index is 2.01. The number of nitrogens with one attached hydrogen (secondary N) is 3. The maximum absolute atomic E-state index is 11.5. The second kappa shape index (κ2) is 4.62. The van der Waals surface area contributed by atoms with Gasteiger partial charge in [0.25, 0.3) is 0 Å². The van der Waals surface area contributed by atoms with Gasteiger partial charge in [-0.15, -0.1) is 0 Å². The van der Waals surface area contributed by atoms with Crippen molar-refractivity contribution < 1.29 is 0 Å². The van der Waals surface area contributed by atoms with E-state index in [-0.39, 0.29) is 5.69 Å². The van der Waals surface area contributed by atoms with Gasteiger partial charge in [-0.1, -0.05) is 18.2 Å². The van der Waals surface area contributed by atoms with Crippen LogP contribution in [0, 0.1) is 0 Å². The molecule has 0 amide bonds. The molecule has 1 aromatic heterocycles. The highest BCUT2D eigenvalue weighted by Crippen LogP contribution is 2.21. The van der Waals surface area contributed by atoms with Crippen molar-refractivity contribution in [1.82, 2.24) is 15.3 Å². The van der Waals surface area contributed by atoms with Crippen LogP contribution < -0.4 is 16.3 Å². The molecule has 1 aliphatic heterocycles. The molecule has 0 spiro atoms. The number of nitrogens with zero attached hydrogens (tertiary/aromatic N) is 1. The summed E-state index contributed by atoms with van der Waals surface area (Å²) in [5.74, 6) is 0.646. The van der Waals surface area contributed by atoms with E-state index in [4.69, 9.17) is 0 Å². The molecule has 5 nitrogen and oxygen atoms in total. The number of rotatable bonds is 2. The molecule has 3 N–H and O–H groups in total. The Hall–Kier alpha value is -2.14. The van der Waals surface area contributed by atoms with E-state index in [0.29, 0.717) is 5.82 Å². The minimum atomic E-state index is -0.297. The first-order valence-corrected chi connectivity index (χ1v) is 5.98. The molecule has 5 heteroatoms. The van der Waals surface area contributed by atoms with E-state index in [1.54, 1.807) is 0 Å². The molecule has 2 aromatic rings. The van der Waals surface area contributed by atoms with E-state index in [2.05, 4.69) is 20.6 Å². The Labute approximate surface area is 104 Å². The molecule has 0 radical (unpaired) electrons. The molecule has 0 unspecified atom stereocenters. The van der Waals surface area contributed by atoms with Gasteiger partial charge in [-0.25, -0.2) is 4.79 Å². The van der Waals surface area contributed by atoms with Crippen molar-refractivity contribution in [3.05, 3.63) is 52.1 Å². The van der Waals surface area contributed by atoms with Crippen LogP contribution in [-0.2, 0) is 13.0 Å². The largest absolute Gasteiger partial charge is 0.347 e. The van der Waals surface area contributed by atoms with E-state index in [1.165, 1.54) is 0 Å². The Morgan fingerprint density at radius 1 is 1.22 bits per heavy atom. The summed E-state index contributed by atoms with van der Waals surface area (Å²) in [5, 5.41) is 6.49. The summed E-state index contributed by atoms with van der Waals surface area (Å²) in [6.45, 7) is 1.62. The number of para-hydroxylation sites is 1. The molecule has 3 rings (SSSR count). The highest BCUT2D eigenvalue weighted by molar-refractivity contribution is 5.59. The van der Waals surface area contributed by atoms with E-state index in [0.717, 1.165) is 36.5 Å². The molecular formula is C13H14N4O. The molecule has 92 valence electrons. The number of benzene rings is 1. The van der Waals surface area contributed by atoms with Gasteiger partial charge in [0.1, 0.15) is 5.82 Å². The summed E-state index contributed by atoms with van der Waals surface area (Å²) in [4.78, 5) is 18.4. The number of anilines is 2. The first-order valence-electron chi connectivity index (χ1n) is 5.98. The third kappa shape index (κ3) is 2.12. The molecule has 0 saturated carbocycles.